The molecule has 4 nitrogen and oxygen atoms in total. The molecule has 33 heavy (non-hydrogen) atoms. The molecule has 0 heterocycles. The summed E-state index contributed by atoms with van der Waals surface area (Å²) in [5.41, 5.74) is 2.64. The number of thioether (sulfide) groups is 1. The number of aliphatic carboxylic acids is 1. The van der Waals surface area contributed by atoms with Gasteiger partial charge in [0.1, 0.15) is 11.5 Å². The van der Waals surface area contributed by atoms with Crippen LogP contribution in [0, 0.1) is 6.92 Å². The number of para-hydroxylation sites is 1. The second-order valence-corrected chi connectivity index (χ2v) is 8.01. The first kappa shape index (κ1) is 24.3. The monoisotopic (exact) mass is 474 g/mol. The molecule has 0 amide bonds. The molecule has 3 aromatic carbocycles. The number of halogens is 3. The standard InChI is InChI=1S/C25H21F3O4S/c1-17-15-19(31-16-24(29)30)11-12-23(17)33-14-13-20(18-7-3-2-4-8-18)21-9-5-6-10-22(21)32-25(26,27)28/h2-13,15H,14,16H2,1H3,(H,29,30)/b20-13-. The van der Waals surface area contributed by atoms with Crippen molar-refractivity contribution in [3.63, 3.8) is 0 Å². The fraction of sp³-hybridized carbons (Fsp3) is 0.160. The Labute approximate surface area is 193 Å². The maximum absolute atomic E-state index is 12.9. The van der Waals surface area contributed by atoms with E-state index >= 15 is 0 Å². The molecule has 1 N–H and O–H groups in total. The molecule has 0 atom stereocenters. The van der Waals surface area contributed by atoms with Gasteiger partial charge in [0.05, 0.1) is 0 Å². The molecule has 3 aromatic rings. The number of carboxylic acids is 1. The quantitative estimate of drug-likeness (QED) is 0.355. The number of benzene rings is 3. The van der Waals surface area contributed by atoms with E-state index in [0.29, 0.717) is 22.6 Å². The van der Waals surface area contributed by atoms with Crippen molar-refractivity contribution < 1.29 is 32.5 Å². The van der Waals surface area contributed by atoms with Crippen molar-refractivity contribution in [3.8, 4) is 11.5 Å². The fourth-order valence-corrected chi connectivity index (χ4v) is 4.02. The van der Waals surface area contributed by atoms with Gasteiger partial charge in [0.15, 0.2) is 6.61 Å². The van der Waals surface area contributed by atoms with E-state index < -0.39 is 18.9 Å². The van der Waals surface area contributed by atoms with Gasteiger partial charge in [0, 0.05) is 16.2 Å². The third-order valence-electron chi connectivity index (χ3n) is 4.52. The van der Waals surface area contributed by atoms with Crippen LogP contribution >= 0.6 is 11.8 Å². The van der Waals surface area contributed by atoms with Gasteiger partial charge in [-0.3, -0.25) is 0 Å². The zero-order valence-corrected chi connectivity index (χ0v) is 18.5. The van der Waals surface area contributed by atoms with E-state index in [1.165, 1.54) is 23.9 Å². The summed E-state index contributed by atoms with van der Waals surface area (Å²) in [7, 11) is 0. The highest BCUT2D eigenvalue weighted by Gasteiger charge is 2.32. The van der Waals surface area contributed by atoms with Crippen molar-refractivity contribution in [2.24, 2.45) is 0 Å². The van der Waals surface area contributed by atoms with Gasteiger partial charge in [-0.2, -0.15) is 0 Å². The van der Waals surface area contributed by atoms with Crippen LogP contribution in [0.25, 0.3) is 5.57 Å². The number of carboxylic acid groups (broad SMARTS) is 1. The molecule has 0 fully saturated rings. The maximum Gasteiger partial charge on any atom is 0.573 e. The lowest BCUT2D eigenvalue weighted by atomic mass is 9.97. The Balaban J connectivity index is 1.86. The Morgan fingerprint density at radius 2 is 1.73 bits per heavy atom. The van der Waals surface area contributed by atoms with Gasteiger partial charge < -0.3 is 14.6 Å². The van der Waals surface area contributed by atoms with Crippen LogP contribution in [0.1, 0.15) is 16.7 Å². The van der Waals surface area contributed by atoms with Crippen LogP contribution in [0.2, 0.25) is 0 Å². The van der Waals surface area contributed by atoms with Gasteiger partial charge in [-0.05, 0) is 47.9 Å². The first-order chi connectivity index (χ1) is 15.7. The molecule has 0 aliphatic heterocycles. The lowest BCUT2D eigenvalue weighted by Gasteiger charge is -2.16. The number of rotatable bonds is 9. The smallest absolute Gasteiger partial charge is 0.482 e. The first-order valence-electron chi connectivity index (χ1n) is 9.92. The minimum absolute atomic E-state index is 0.263. The third kappa shape index (κ3) is 7.32. The van der Waals surface area contributed by atoms with Crippen LogP contribution in [0.3, 0.4) is 0 Å². The minimum atomic E-state index is -4.80. The van der Waals surface area contributed by atoms with Crippen molar-refractivity contribution >= 4 is 23.3 Å². The zero-order valence-electron chi connectivity index (χ0n) is 17.6. The summed E-state index contributed by atoms with van der Waals surface area (Å²) in [6.07, 6.45) is -2.93. The Morgan fingerprint density at radius 3 is 2.39 bits per heavy atom. The Hall–Kier alpha value is -3.39. The predicted molar refractivity (Wildman–Crippen MR) is 122 cm³/mol. The maximum atomic E-state index is 12.9. The van der Waals surface area contributed by atoms with Gasteiger partial charge >= 0.3 is 12.3 Å². The first-order valence-corrected chi connectivity index (χ1v) is 10.9. The summed E-state index contributed by atoms with van der Waals surface area (Å²) < 4.78 is 48.3. The van der Waals surface area contributed by atoms with E-state index in [9.17, 15) is 18.0 Å². The normalized spacial score (nSPS) is 11.8. The number of ether oxygens (including phenoxy) is 2. The Bertz CT molecular complexity index is 1130. The average molecular weight is 475 g/mol. The Kier molecular flexibility index (Phi) is 8.06. The van der Waals surface area contributed by atoms with E-state index in [1.54, 1.807) is 24.3 Å². The lowest BCUT2D eigenvalue weighted by Crippen LogP contribution is -2.18. The topological polar surface area (TPSA) is 55.8 Å². The molecule has 172 valence electrons. The minimum Gasteiger partial charge on any atom is -0.482 e. The molecule has 0 radical (unpaired) electrons. The van der Waals surface area contributed by atoms with Gasteiger partial charge in [-0.15, -0.1) is 24.9 Å². The van der Waals surface area contributed by atoms with Crippen LogP contribution in [-0.2, 0) is 4.79 Å². The number of hydrogen-bond donors (Lipinski definition) is 1. The summed E-state index contributed by atoms with van der Waals surface area (Å²) in [4.78, 5) is 11.6. The molecule has 0 bridgehead atoms. The molecule has 3 rings (SSSR count). The molecule has 0 aromatic heterocycles. The molecule has 0 saturated heterocycles. The molecule has 0 saturated carbocycles. The highest BCUT2D eigenvalue weighted by molar-refractivity contribution is 7.99. The van der Waals surface area contributed by atoms with Crippen molar-refractivity contribution in [2.75, 3.05) is 12.4 Å². The Morgan fingerprint density at radius 1 is 1.03 bits per heavy atom. The second-order valence-electron chi connectivity index (χ2n) is 6.95. The van der Waals surface area contributed by atoms with Crippen LogP contribution in [0.5, 0.6) is 11.5 Å². The number of hydrogen-bond acceptors (Lipinski definition) is 4. The molecule has 0 spiro atoms. The molecular formula is C25H21F3O4S. The van der Waals surface area contributed by atoms with Gasteiger partial charge in [0.25, 0.3) is 0 Å². The van der Waals surface area contributed by atoms with E-state index in [0.717, 1.165) is 16.0 Å². The highest BCUT2D eigenvalue weighted by atomic mass is 32.2. The van der Waals surface area contributed by atoms with E-state index in [2.05, 4.69) is 4.74 Å². The molecule has 0 aliphatic carbocycles. The summed E-state index contributed by atoms with van der Waals surface area (Å²) in [6.45, 7) is 1.46. The highest BCUT2D eigenvalue weighted by Crippen LogP contribution is 2.35. The van der Waals surface area contributed by atoms with Crippen molar-refractivity contribution in [2.45, 2.75) is 18.2 Å². The van der Waals surface area contributed by atoms with Crippen LogP contribution < -0.4 is 9.47 Å². The summed E-state index contributed by atoms with van der Waals surface area (Å²) in [5.74, 6) is -0.375. The van der Waals surface area contributed by atoms with Crippen LogP contribution in [0.4, 0.5) is 13.2 Å². The SMILES string of the molecule is Cc1cc(OCC(=O)O)ccc1SC/C=C(/c1ccccc1)c1ccccc1OC(F)(F)F. The number of alkyl halides is 3. The largest absolute Gasteiger partial charge is 0.573 e. The van der Waals surface area contributed by atoms with E-state index in [1.807, 2.05) is 49.4 Å². The van der Waals surface area contributed by atoms with Crippen LogP contribution in [-0.4, -0.2) is 29.8 Å². The van der Waals surface area contributed by atoms with Crippen molar-refractivity contribution in [1.29, 1.82) is 0 Å². The van der Waals surface area contributed by atoms with Crippen LogP contribution in [0.15, 0.2) is 83.8 Å². The fourth-order valence-electron chi connectivity index (χ4n) is 3.14. The lowest BCUT2D eigenvalue weighted by molar-refractivity contribution is -0.274. The van der Waals surface area contributed by atoms with Gasteiger partial charge in [-0.1, -0.05) is 54.6 Å². The summed E-state index contributed by atoms with van der Waals surface area (Å²) in [6, 6.07) is 20.5. The summed E-state index contributed by atoms with van der Waals surface area (Å²) in [5, 5.41) is 8.73. The third-order valence-corrected chi connectivity index (χ3v) is 5.63. The summed E-state index contributed by atoms with van der Waals surface area (Å²) >= 11 is 1.51. The molecule has 0 unspecified atom stereocenters. The zero-order chi connectivity index (χ0) is 23.8. The van der Waals surface area contributed by atoms with E-state index in [-0.39, 0.29) is 5.75 Å². The van der Waals surface area contributed by atoms with Crippen molar-refractivity contribution in [1.82, 2.24) is 0 Å². The number of aryl methyl sites for hydroxylation is 1. The van der Waals surface area contributed by atoms with Crippen molar-refractivity contribution in [3.05, 3.63) is 95.6 Å². The van der Waals surface area contributed by atoms with E-state index in [4.69, 9.17) is 9.84 Å². The average Bonchev–Trinajstić information content (AvgIpc) is 2.77. The second kappa shape index (κ2) is 11.0. The molecule has 0 aliphatic rings. The molecular weight excluding hydrogens is 453 g/mol. The molecule has 8 heteroatoms. The predicted octanol–water partition coefficient (Wildman–Crippen LogP) is 6.58. The van der Waals surface area contributed by atoms with Gasteiger partial charge in [-0.25, -0.2) is 4.79 Å². The number of carbonyl (C=O) groups is 1. The van der Waals surface area contributed by atoms with Gasteiger partial charge in [0.2, 0.25) is 0 Å².